The number of aliphatic carboxylic acids is 2. The maximum Gasteiger partial charge on any atom is 0.336 e. The number of unbranched alkanes of at least 4 members (excludes halogenated alkanes) is 4. The molecular formula is C36H47NO7. The summed E-state index contributed by atoms with van der Waals surface area (Å²) >= 11 is 0. The van der Waals surface area contributed by atoms with Gasteiger partial charge in [-0.25, -0.2) is 9.59 Å². The van der Waals surface area contributed by atoms with Crippen molar-refractivity contribution in [3.8, 4) is 0 Å². The molecule has 3 rings (SSSR count). The minimum absolute atomic E-state index is 0.110. The van der Waals surface area contributed by atoms with Gasteiger partial charge < -0.3 is 25.0 Å². The number of hydrogen-bond donors (Lipinski definition) is 3. The van der Waals surface area contributed by atoms with Gasteiger partial charge in [0.25, 0.3) is 5.91 Å². The summed E-state index contributed by atoms with van der Waals surface area (Å²) in [6.45, 7) is 6.23. The third-order valence-corrected chi connectivity index (χ3v) is 7.65. The Morgan fingerprint density at radius 1 is 0.727 bits per heavy atom. The summed E-state index contributed by atoms with van der Waals surface area (Å²) in [7, 11) is 0. The number of fused-ring (bicyclic) bond motifs is 1. The van der Waals surface area contributed by atoms with E-state index in [1.807, 2.05) is 12.1 Å². The zero-order valence-corrected chi connectivity index (χ0v) is 26.2. The van der Waals surface area contributed by atoms with Crippen LogP contribution >= 0.6 is 0 Å². The molecule has 3 aromatic carbocycles. The van der Waals surface area contributed by atoms with Crippen LogP contribution in [-0.2, 0) is 42.1 Å². The zero-order chi connectivity index (χ0) is 32.0. The molecule has 0 aromatic heterocycles. The second kappa shape index (κ2) is 17.5. The molecule has 3 aromatic rings. The van der Waals surface area contributed by atoms with Crippen LogP contribution < -0.4 is 5.32 Å². The Bertz CT molecular complexity index is 1350. The van der Waals surface area contributed by atoms with Crippen LogP contribution in [0.4, 0.5) is 0 Å². The molecule has 0 fully saturated rings. The first-order chi connectivity index (χ1) is 21.0. The highest BCUT2D eigenvalue weighted by Crippen LogP contribution is 2.23. The number of ether oxygens (including phenoxy) is 2. The molecule has 238 valence electrons. The van der Waals surface area contributed by atoms with E-state index in [0.29, 0.717) is 13.0 Å². The van der Waals surface area contributed by atoms with Crippen molar-refractivity contribution >= 4 is 28.6 Å². The average molecular weight is 606 g/mol. The molecule has 0 aliphatic rings. The van der Waals surface area contributed by atoms with Gasteiger partial charge in [-0.3, -0.25) is 4.79 Å². The quantitative estimate of drug-likeness (QED) is 0.137. The van der Waals surface area contributed by atoms with Crippen molar-refractivity contribution in [1.29, 1.82) is 0 Å². The first-order valence-corrected chi connectivity index (χ1v) is 15.6. The Hall–Kier alpha value is -3.75. The Kier molecular flexibility index (Phi) is 13.8. The lowest BCUT2D eigenvalue weighted by molar-refractivity contribution is -0.172. The van der Waals surface area contributed by atoms with Gasteiger partial charge in [0.1, 0.15) is 6.61 Å². The van der Waals surface area contributed by atoms with Crippen molar-refractivity contribution in [2.75, 3.05) is 19.8 Å². The fourth-order valence-electron chi connectivity index (χ4n) is 5.08. The first kappa shape index (κ1) is 34.7. The lowest BCUT2D eigenvalue weighted by atomic mass is 9.86. The summed E-state index contributed by atoms with van der Waals surface area (Å²) in [5, 5.41) is 23.9. The summed E-state index contributed by atoms with van der Waals surface area (Å²) in [6, 6.07) is 23.3. The number of carboxylic acid groups (broad SMARTS) is 2. The molecule has 0 aliphatic heterocycles. The monoisotopic (exact) mass is 605 g/mol. The van der Waals surface area contributed by atoms with Crippen molar-refractivity contribution in [3.63, 3.8) is 0 Å². The molecule has 0 saturated carbocycles. The van der Waals surface area contributed by atoms with Crippen LogP contribution in [0.25, 0.3) is 10.8 Å². The van der Waals surface area contributed by atoms with Crippen LogP contribution in [0.2, 0.25) is 0 Å². The van der Waals surface area contributed by atoms with Gasteiger partial charge in [0, 0.05) is 13.2 Å². The minimum atomic E-state index is -1.72. The zero-order valence-electron chi connectivity index (χ0n) is 26.2. The highest BCUT2D eigenvalue weighted by Gasteiger charge is 2.36. The fourth-order valence-corrected chi connectivity index (χ4v) is 5.08. The predicted octanol–water partition coefficient (Wildman–Crippen LogP) is 6.32. The second-order valence-corrected chi connectivity index (χ2v) is 12.3. The molecule has 2 atom stereocenters. The van der Waals surface area contributed by atoms with E-state index < -0.39 is 36.7 Å². The number of nitrogens with one attached hydrogen (secondary N) is 1. The summed E-state index contributed by atoms with van der Waals surface area (Å²) in [6.07, 6.45) is 3.61. The molecule has 8 heteroatoms. The molecule has 0 radical (unpaired) electrons. The Morgan fingerprint density at radius 3 is 2.02 bits per heavy atom. The van der Waals surface area contributed by atoms with E-state index in [-0.39, 0.29) is 12.0 Å². The van der Waals surface area contributed by atoms with Crippen LogP contribution in [0.3, 0.4) is 0 Å². The van der Waals surface area contributed by atoms with Gasteiger partial charge in [0.2, 0.25) is 0 Å². The van der Waals surface area contributed by atoms with Crippen molar-refractivity contribution in [1.82, 2.24) is 5.32 Å². The summed E-state index contributed by atoms with van der Waals surface area (Å²) < 4.78 is 10.8. The average Bonchev–Trinajstić information content (AvgIpc) is 2.98. The Balaban J connectivity index is 1.43. The summed E-state index contributed by atoms with van der Waals surface area (Å²) in [5.74, 6) is -3.38. The normalized spacial score (nSPS) is 13.0. The lowest BCUT2D eigenvalue weighted by Crippen LogP contribution is -2.49. The summed E-state index contributed by atoms with van der Waals surface area (Å²) in [4.78, 5) is 35.9. The van der Waals surface area contributed by atoms with E-state index in [0.717, 1.165) is 44.9 Å². The topological polar surface area (TPSA) is 122 Å². The van der Waals surface area contributed by atoms with Gasteiger partial charge in [-0.05, 0) is 71.4 Å². The summed E-state index contributed by atoms with van der Waals surface area (Å²) in [5.41, 5.74) is 3.91. The van der Waals surface area contributed by atoms with Crippen LogP contribution in [0, 0.1) is 0 Å². The molecule has 8 nitrogen and oxygen atoms in total. The van der Waals surface area contributed by atoms with Gasteiger partial charge in [0.15, 0.2) is 12.2 Å². The highest BCUT2D eigenvalue weighted by molar-refractivity contribution is 5.88. The molecule has 44 heavy (non-hydrogen) atoms. The van der Waals surface area contributed by atoms with E-state index in [2.05, 4.69) is 80.7 Å². The largest absolute Gasteiger partial charge is 0.480 e. The molecule has 3 N–H and O–H groups in total. The van der Waals surface area contributed by atoms with E-state index >= 15 is 0 Å². The predicted molar refractivity (Wildman–Crippen MR) is 172 cm³/mol. The van der Waals surface area contributed by atoms with Crippen LogP contribution in [-0.4, -0.2) is 60.0 Å². The van der Waals surface area contributed by atoms with Crippen molar-refractivity contribution in [2.45, 2.75) is 89.8 Å². The number of rotatable bonds is 19. The number of aryl methyl sites for hydroxylation is 2. The minimum Gasteiger partial charge on any atom is -0.480 e. The highest BCUT2D eigenvalue weighted by atomic mass is 16.6. The third kappa shape index (κ3) is 11.7. The Labute approximate surface area is 260 Å². The molecule has 0 spiro atoms. The number of carboxylic acids is 2. The maximum absolute atomic E-state index is 13.0. The molecule has 0 aliphatic carbocycles. The standard InChI is InChI=1S/C36H47NO7/c1-36(2,3)30-20-17-26(18-21-30)12-7-5-11-23-43-32(33(35(41)42)44-25-31(38)39)34(40)37-22-10-4-6-13-27-16-19-28-14-8-9-15-29(28)24-27/h8-9,14-21,24,32-33H,4-7,10-13,22-23,25H2,1-3H3,(H,37,40)(H,38,39)(H,41,42). The van der Waals surface area contributed by atoms with Gasteiger partial charge in [-0.2, -0.15) is 0 Å². The number of carbonyl (C=O) groups is 3. The van der Waals surface area contributed by atoms with Crippen LogP contribution in [0.1, 0.15) is 76.0 Å². The number of carbonyl (C=O) groups excluding carboxylic acids is 1. The van der Waals surface area contributed by atoms with Crippen LogP contribution in [0.5, 0.6) is 0 Å². The lowest BCUT2D eigenvalue weighted by Gasteiger charge is -2.23. The van der Waals surface area contributed by atoms with Crippen molar-refractivity contribution < 1.29 is 34.1 Å². The third-order valence-electron chi connectivity index (χ3n) is 7.65. The van der Waals surface area contributed by atoms with E-state index in [9.17, 15) is 19.5 Å². The SMILES string of the molecule is CC(C)(C)c1ccc(CCCCCOC(C(=O)NCCCCCc2ccc3ccccc3c2)C(OCC(=O)O)C(=O)O)cc1. The molecular weight excluding hydrogens is 558 g/mol. The second-order valence-electron chi connectivity index (χ2n) is 12.3. The molecule has 0 heterocycles. The molecule has 0 saturated heterocycles. The van der Waals surface area contributed by atoms with Gasteiger partial charge in [-0.1, -0.05) is 100 Å². The molecule has 0 bridgehead atoms. The van der Waals surface area contributed by atoms with Crippen LogP contribution in [0.15, 0.2) is 66.7 Å². The number of hydrogen-bond acceptors (Lipinski definition) is 5. The van der Waals surface area contributed by atoms with Crippen molar-refractivity contribution in [3.05, 3.63) is 83.4 Å². The van der Waals surface area contributed by atoms with E-state index in [1.165, 1.54) is 27.5 Å². The van der Waals surface area contributed by atoms with E-state index in [4.69, 9.17) is 14.6 Å². The smallest absolute Gasteiger partial charge is 0.336 e. The Morgan fingerprint density at radius 2 is 1.36 bits per heavy atom. The number of amides is 1. The van der Waals surface area contributed by atoms with Gasteiger partial charge in [-0.15, -0.1) is 0 Å². The van der Waals surface area contributed by atoms with Crippen molar-refractivity contribution in [2.24, 2.45) is 0 Å². The van der Waals surface area contributed by atoms with E-state index in [1.54, 1.807) is 0 Å². The molecule has 2 unspecified atom stereocenters. The van der Waals surface area contributed by atoms with Gasteiger partial charge in [0.05, 0.1) is 0 Å². The number of benzene rings is 3. The fraction of sp³-hybridized carbons (Fsp3) is 0.472. The molecule has 1 amide bonds. The first-order valence-electron chi connectivity index (χ1n) is 15.6. The maximum atomic E-state index is 13.0. The van der Waals surface area contributed by atoms with Gasteiger partial charge >= 0.3 is 11.9 Å².